The number of aryl methyl sites for hydroxylation is 1. The van der Waals surface area contributed by atoms with Gasteiger partial charge < -0.3 is 5.32 Å². The van der Waals surface area contributed by atoms with E-state index in [1.807, 2.05) is 36.3 Å². The van der Waals surface area contributed by atoms with Gasteiger partial charge in [0.2, 0.25) is 0 Å². The zero-order valence-corrected chi connectivity index (χ0v) is 14.8. The molecule has 7 heteroatoms. The number of benzene rings is 1. The van der Waals surface area contributed by atoms with Crippen LogP contribution in [0.5, 0.6) is 0 Å². The monoisotopic (exact) mass is 350 g/mol. The number of fused-ring (bicyclic) bond motifs is 2. The Morgan fingerprint density at radius 2 is 2.04 bits per heavy atom. The fourth-order valence-electron chi connectivity index (χ4n) is 3.42. The summed E-state index contributed by atoms with van der Waals surface area (Å²) in [6.07, 6.45) is 6.17. The number of aromatic nitrogens is 5. The molecule has 3 aromatic heterocycles. The fraction of sp³-hybridized carbons (Fsp3) is 0.333. The number of thiazole rings is 1. The Morgan fingerprint density at radius 1 is 1.16 bits per heavy atom. The van der Waals surface area contributed by atoms with Gasteiger partial charge in [-0.3, -0.25) is 4.68 Å². The van der Waals surface area contributed by atoms with Crippen molar-refractivity contribution in [3.05, 3.63) is 35.6 Å². The molecule has 1 saturated heterocycles. The van der Waals surface area contributed by atoms with Gasteiger partial charge >= 0.3 is 0 Å². The van der Waals surface area contributed by atoms with Crippen molar-refractivity contribution in [1.82, 2.24) is 30.0 Å². The summed E-state index contributed by atoms with van der Waals surface area (Å²) in [5, 5.41) is 10.1. The Morgan fingerprint density at radius 3 is 2.92 bits per heavy atom. The zero-order chi connectivity index (χ0) is 16.8. The molecule has 0 radical (unpaired) electrons. The van der Waals surface area contributed by atoms with E-state index in [-0.39, 0.29) is 0 Å². The van der Waals surface area contributed by atoms with Crippen molar-refractivity contribution in [1.29, 1.82) is 0 Å². The minimum Gasteiger partial charge on any atom is -0.317 e. The molecular formula is C18H18N6S. The smallest absolute Gasteiger partial charge is 0.160 e. The van der Waals surface area contributed by atoms with Crippen molar-refractivity contribution < 1.29 is 0 Å². The molecule has 0 unspecified atom stereocenters. The maximum absolute atomic E-state index is 4.78. The highest BCUT2D eigenvalue weighted by atomic mass is 32.1. The molecule has 4 aromatic rings. The number of nitrogens with one attached hydrogen (secondary N) is 1. The number of nitrogens with zero attached hydrogens (tertiary/aromatic N) is 5. The van der Waals surface area contributed by atoms with Gasteiger partial charge in [-0.1, -0.05) is 11.3 Å². The second-order valence-electron chi connectivity index (χ2n) is 6.54. The van der Waals surface area contributed by atoms with Crippen molar-refractivity contribution in [2.75, 3.05) is 13.1 Å². The van der Waals surface area contributed by atoms with Gasteiger partial charge in [0.05, 0.1) is 16.7 Å². The van der Waals surface area contributed by atoms with Crippen LogP contribution in [0.15, 0.2) is 30.6 Å². The van der Waals surface area contributed by atoms with E-state index in [2.05, 4.69) is 21.5 Å². The first-order chi connectivity index (χ1) is 12.3. The lowest BCUT2D eigenvalue weighted by Crippen LogP contribution is -2.26. The van der Waals surface area contributed by atoms with Gasteiger partial charge in [0.15, 0.2) is 5.82 Å². The second-order valence-corrected chi connectivity index (χ2v) is 7.55. The molecule has 25 heavy (non-hydrogen) atoms. The molecule has 5 rings (SSSR count). The van der Waals surface area contributed by atoms with Crippen LogP contribution in [0, 0.1) is 0 Å². The molecule has 0 amide bonds. The van der Waals surface area contributed by atoms with Gasteiger partial charge in [-0.25, -0.2) is 15.0 Å². The van der Waals surface area contributed by atoms with Gasteiger partial charge in [0, 0.05) is 30.1 Å². The Bertz CT molecular complexity index is 1060. The van der Waals surface area contributed by atoms with Gasteiger partial charge in [-0.05, 0) is 44.1 Å². The lowest BCUT2D eigenvalue weighted by atomic mass is 9.99. The standard InChI is InChI=1S/C18H18N6S/c1-24-10-13-8-12(2-3-14(13)23-24)16-20-9-15-18(22-16)25-17(21-15)11-4-6-19-7-5-11/h2-3,8-11,19H,4-7H2,1H3. The zero-order valence-electron chi connectivity index (χ0n) is 13.9. The average Bonchev–Trinajstić information content (AvgIpc) is 3.23. The first-order valence-corrected chi connectivity index (χ1v) is 9.36. The number of hydrogen-bond acceptors (Lipinski definition) is 6. The predicted octanol–water partition coefficient (Wildman–Crippen LogP) is 3.11. The molecule has 0 spiro atoms. The van der Waals surface area contributed by atoms with Crippen LogP contribution in [0.4, 0.5) is 0 Å². The lowest BCUT2D eigenvalue weighted by molar-refractivity contribution is 0.459. The number of piperidine rings is 1. The summed E-state index contributed by atoms with van der Waals surface area (Å²) < 4.78 is 1.83. The molecule has 126 valence electrons. The largest absolute Gasteiger partial charge is 0.317 e. The molecule has 1 N–H and O–H groups in total. The van der Waals surface area contributed by atoms with Crippen LogP contribution in [-0.4, -0.2) is 37.8 Å². The third kappa shape index (κ3) is 2.69. The lowest BCUT2D eigenvalue weighted by Gasteiger charge is -2.20. The Labute approximate surface area is 148 Å². The third-order valence-corrected chi connectivity index (χ3v) is 5.86. The van der Waals surface area contributed by atoms with E-state index in [0.29, 0.717) is 5.92 Å². The molecule has 1 aromatic carbocycles. The van der Waals surface area contributed by atoms with Gasteiger partial charge in [-0.15, -0.1) is 0 Å². The van der Waals surface area contributed by atoms with Crippen LogP contribution in [0.1, 0.15) is 23.8 Å². The van der Waals surface area contributed by atoms with E-state index in [0.717, 1.165) is 58.6 Å². The maximum Gasteiger partial charge on any atom is 0.160 e. The van der Waals surface area contributed by atoms with Crippen LogP contribution < -0.4 is 5.32 Å². The minimum atomic E-state index is 0.552. The maximum atomic E-state index is 4.78. The summed E-state index contributed by atoms with van der Waals surface area (Å²) in [5.74, 6) is 1.30. The van der Waals surface area contributed by atoms with E-state index in [9.17, 15) is 0 Å². The normalized spacial score (nSPS) is 16.0. The molecule has 0 atom stereocenters. The van der Waals surface area contributed by atoms with Crippen LogP contribution >= 0.6 is 11.3 Å². The summed E-state index contributed by atoms with van der Waals surface area (Å²) >= 11 is 1.71. The van der Waals surface area contributed by atoms with E-state index < -0.39 is 0 Å². The van der Waals surface area contributed by atoms with Gasteiger partial charge in [-0.2, -0.15) is 5.10 Å². The summed E-state index contributed by atoms with van der Waals surface area (Å²) in [4.78, 5) is 15.1. The highest BCUT2D eigenvalue weighted by Gasteiger charge is 2.20. The van der Waals surface area contributed by atoms with E-state index in [1.54, 1.807) is 11.3 Å². The molecular weight excluding hydrogens is 332 g/mol. The minimum absolute atomic E-state index is 0.552. The van der Waals surface area contributed by atoms with Crippen LogP contribution in [0.3, 0.4) is 0 Å². The quantitative estimate of drug-likeness (QED) is 0.602. The predicted molar refractivity (Wildman–Crippen MR) is 99.8 cm³/mol. The highest BCUT2D eigenvalue weighted by molar-refractivity contribution is 7.18. The van der Waals surface area contributed by atoms with Gasteiger partial charge in [0.1, 0.15) is 10.3 Å². The van der Waals surface area contributed by atoms with E-state index >= 15 is 0 Å². The summed E-state index contributed by atoms with van der Waals surface area (Å²) in [5.41, 5.74) is 2.90. The molecule has 1 aliphatic heterocycles. The first kappa shape index (κ1) is 14.9. The molecule has 4 heterocycles. The third-order valence-electron chi connectivity index (χ3n) is 4.73. The molecule has 6 nitrogen and oxygen atoms in total. The van der Waals surface area contributed by atoms with Crippen molar-refractivity contribution >= 4 is 32.6 Å². The SMILES string of the molecule is Cn1cc2cc(-c3ncc4nc(C5CCNCC5)sc4n3)ccc2n1. The molecule has 1 aliphatic rings. The molecule has 0 aliphatic carbocycles. The summed E-state index contributed by atoms with van der Waals surface area (Å²) in [6.45, 7) is 2.14. The second kappa shape index (κ2) is 5.86. The fourth-order valence-corrected chi connectivity index (χ4v) is 4.50. The average molecular weight is 350 g/mol. The number of rotatable bonds is 2. The van der Waals surface area contributed by atoms with Gasteiger partial charge in [0.25, 0.3) is 0 Å². The van der Waals surface area contributed by atoms with E-state index in [4.69, 9.17) is 9.97 Å². The van der Waals surface area contributed by atoms with Crippen LogP contribution in [0.2, 0.25) is 0 Å². The first-order valence-electron chi connectivity index (χ1n) is 8.54. The summed E-state index contributed by atoms with van der Waals surface area (Å²) in [7, 11) is 1.93. The Hall–Kier alpha value is -2.38. The van der Waals surface area contributed by atoms with Crippen LogP contribution in [-0.2, 0) is 7.05 Å². The van der Waals surface area contributed by atoms with E-state index in [1.165, 1.54) is 5.01 Å². The Kier molecular flexibility index (Phi) is 3.50. The summed E-state index contributed by atoms with van der Waals surface area (Å²) in [6, 6.07) is 6.15. The van der Waals surface area contributed by atoms with Crippen molar-refractivity contribution in [3.63, 3.8) is 0 Å². The van der Waals surface area contributed by atoms with Crippen molar-refractivity contribution in [3.8, 4) is 11.4 Å². The van der Waals surface area contributed by atoms with Crippen molar-refractivity contribution in [2.45, 2.75) is 18.8 Å². The topological polar surface area (TPSA) is 68.5 Å². The number of hydrogen-bond donors (Lipinski definition) is 1. The molecule has 0 saturated carbocycles. The molecule has 1 fully saturated rings. The highest BCUT2D eigenvalue weighted by Crippen LogP contribution is 2.32. The molecule has 0 bridgehead atoms. The Balaban J connectivity index is 1.54. The van der Waals surface area contributed by atoms with Crippen molar-refractivity contribution in [2.24, 2.45) is 7.05 Å². The van der Waals surface area contributed by atoms with Crippen LogP contribution in [0.25, 0.3) is 32.6 Å².